The molecule has 0 spiro atoms. The van der Waals surface area contributed by atoms with Gasteiger partial charge in [-0.2, -0.15) is 0 Å². The minimum atomic E-state index is -1.20. The summed E-state index contributed by atoms with van der Waals surface area (Å²) in [7, 11) is 0. The normalized spacial score (nSPS) is 21.3. The lowest BCUT2D eigenvalue weighted by Crippen LogP contribution is -2.49. The quantitative estimate of drug-likeness (QED) is 0.445. The van der Waals surface area contributed by atoms with Crippen molar-refractivity contribution in [3.63, 3.8) is 0 Å². The Morgan fingerprint density at radius 3 is 2.69 bits per heavy atom. The van der Waals surface area contributed by atoms with Gasteiger partial charge in [-0.15, -0.1) is 0 Å². The molecule has 2 amide bonds. The van der Waals surface area contributed by atoms with Crippen molar-refractivity contribution in [2.45, 2.75) is 31.3 Å². The smallest absolute Gasteiger partial charge is 0.326 e. The predicted octanol–water partition coefficient (Wildman–Crippen LogP) is -1.78. The number of aliphatic carboxylic acids is 1. The van der Waals surface area contributed by atoms with Gasteiger partial charge in [0, 0.05) is 19.4 Å². The average molecular weight is 230 g/mol. The fourth-order valence-corrected chi connectivity index (χ4v) is 1.47. The van der Waals surface area contributed by atoms with E-state index in [-0.39, 0.29) is 25.4 Å². The highest BCUT2D eigenvalue weighted by Gasteiger charge is 2.29. The minimum Gasteiger partial charge on any atom is -0.480 e. The Morgan fingerprint density at radius 1 is 1.56 bits per heavy atom. The summed E-state index contributed by atoms with van der Waals surface area (Å²) < 4.78 is 0. The summed E-state index contributed by atoms with van der Waals surface area (Å²) in [6, 6.07) is -1.77. The molecule has 1 fully saturated rings. The van der Waals surface area contributed by atoms with Crippen LogP contribution in [0.25, 0.3) is 0 Å². The number of nitrogens with one attached hydrogen (secondary N) is 2. The van der Waals surface area contributed by atoms with E-state index in [1.165, 1.54) is 0 Å². The van der Waals surface area contributed by atoms with Gasteiger partial charge in [-0.05, 0) is 6.42 Å². The fourth-order valence-electron chi connectivity index (χ4n) is 1.47. The second-order valence-corrected chi connectivity index (χ2v) is 3.57. The van der Waals surface area contributed by atoms with Crippen LogP contribution in [0.1, 0.15) is 19.3 Å². The summed E-state index contributed by atoms with van der Waals surface area (Å²) in [6.07, 6.45) is 0.591. The molecular formula is C9H14N2O5. The molecule has 1 aliphatic heterocycles. The van der Waals surface area contributed by atoms with Crippen molar-refractivity contribution >= 4 is 17.8 Å². The van der Waals surface area contributed by atoms with Gasteiger partial charge in [-0.3, -0.25) is 9.59 Å². The number of rotatable bonds is 5. The molecule has 0 unspecified atom stereocenters. The Hall–Kier alpha value is -1.63. The molecule has 1 heterocycles. The van der Waals surface area contributed by atoms with Gasteiger partial charge >= 0.3 is 5.97 Å². The number of hydrogen-bond donors (Lipinski definition) is 4. The van der Waals surface area contributed by atoms with E-state index in [9.17, 15) is 14.4 Å². The number of carboxylic acid groups (broad SMARTS) is 1. The summed E-state index contributed by atoms with van der Waals surface area (Å²) in [5, 5.41) is 22.1. The second-order valence-electron chi connectivity index (χ2n) is 3.57. The van der Waals surface area contributed by atoms with Gasteiger partial charge in [-0.1, -0.05) is 0 Å². The monoisotopic (exact) mass is 230 g/mol. The number of hydrogen-bond acceptors (Lipinski definition) is 4. The molecule has 16 heavy (non-hydrogen) atoms. The van der Waals surface area contributed by atoms with Crippen LogP contribution in [0.3, 0.4) is 0 Å². The number of carbonyl (C=O) groups is 3. The number of amides is 2. The van der Waals surface area contributed by atoms with Crippen molar-refractivity contribution in [2.24, 2.45) is 0 Å². The van der Waals surface area contributed by atoms with Gasteiger partial charge in [0.15, 0.2) is 0 Å². The Balaban J connectivity index is 2.48. The highest BCUT2D eigenvalue weighted by molar-refractivity contribution is 5.92. The molecule has 0 saturated carbocycles. The van der Waals surface area contributed by atoms with E-state index >= 15 is 0 Å². The van der Waals surface area contributed by atoms with E-state index in [1.807, 2.05) is 0 Å². The molecule has 0 radical (unpaired) electrons. The summed E-state index contributed by atoms with van der Waals surface area (Å²) >= 11 is 0. The van der Waals surface area contributed by atoms with Crippen LogP contribution in [0.4, 0.5) is 0 Å². The Bertz CT molecular complexity index is 304. The maximum Gasteiger partial charge on any atom is 0.326 e. The Kier molecular flexibility index (Phi) is 4.24. The van der Waals surface area contributed by atoms with Crippen molar-refractivity contribution in [3.8, 4) is 0 Å². The van der Waals surface area contributed by atoms with Crippen molar-refractivity contribution in [3.05, 3.63) is 0 Å². The Labute approximate surface area is 91.8 Å². The molecule has 0 aliphatic carbocycles. The first-order valence-electron chi connectivity index (χ1n) is 4.98. The van der Waals surface area contributed by atoms with Crippen LogP contribution in [0.2, 0.25) is 0 Å². The summed E-state index contributed by atoms with van der Waals surface area (Å²) in [4.78, 5) is 33.1. The van der Waals surface area contributed by atoms with Gasteiger partial charge < -0.3 is 20.8 Å². The average Bonchev–Trinajstić information content (AvgIpc) is 2.64. The number of aliphatic hydroxyl groups excluding tert-OH is 1. The standard InChI is InChI=1S/C9H14N2O5/c12-4-3-6(9(15)16)11-8(14)5-1-2-7(13)10-5/h5-6,12H,1-4H2,(H,10,13)(H,11,14)(H,15,16)/t5-,6-/m0/s1. The molecule has 90 valence electrons. The van der Waals surface area contributed by atoms with E-state index in [4.69, 9.17) is 10.2 Å². The molecular weight excluding hydrogens is 216 g/mol. The van der Waals surface area contributed by atoms with Crippen LogP contribution in [0, 0.1) is 0 Å². The highest BCUT2D eigenvalue weighted by atomic mass is 16.4. The van der Waals surface area contributed by atoms with Crippen molar-refractivity contribution in [1.29, 1.82) is 0 Å². The summed E-state index contributed by atoms with van der Waals surface area (Å²) in [5.74, 6) is -1.94. The van der Waals surface area contributed by atoms with Gasteiger partial charge in [0.1, 0.15) is 12.1 Å². The lowest BCUT2D eigenvalue weighted by molar-refractivity contribution is -0.142. The molecule has 0 aromatic heterocycles. The molecule has 7 nitrogen and oxygen atoms in total. The molecule has 1 rings (SSSR count). The second kappa shape index (κ2) is 5.45. The van der Waals surface area contributed by atoms with E-state index < -0.39 is 24.0 Å². The first-order chi connectivity index (χ1) is 7.54. The first kappa shape index (κ1) is 12.4. The van der Waals surface area contributed by atoms with Gasteiger partial charge in [0.05, 0.1) is 0 Å². The largest absolute Gasteiger partial charge is 0.480 e. The molecule has 0 aromatic carbocycles. The fraction of sp³-hybridized carbons (Fsp3) is 0.667. The molecule has 1 aliphatic rings. The van der Waals surface area contributed by atoms with Crippen molar-refractivity contribution < 1.29 is 24.6 Å². The zero-order chi connectivity index (χ0) is 12.1. The van der Waals surface area contributed by atoms with Crippen LogP contribution in [0.5, 0.6) is 0 Å². The number of carbonyl (C=O) groups excluding carboxylic acids is 2. The molecule has 7 heteroatoms. The molecule has 0 aromatic rings. The third-order valence-corrected chi connectivity index (χ3v) is 2.34. The third-order valence-electron chi connectivity index (χ3n) is 2.34. The van der Waals surface area contributed by atoms with Gasteiger partial charge in [-0.25, -0.2) is 4.79 Å². The maximum absolute atomic E-state index is 11.5. The van der Waals surface area contributed by atoms with E-state index in [0.717, 1.165) is 0 Å². The zero-order valence-electron chi connectivity index (χ0n) is 8.60. The number of aliphatic hydroxyl groups is 1. The van der Waals surface area contributed by atoms with Crippen LogP contribution in [0.15, 0.2) is 0 Å². The first-order valence-corrected chi connectivity index (χ1v) is 4.98. The van der Waals surface area contributed by atoms with Crippen molar-refractivity contribution in [1.82, 2.24) is 10.6 Å². The van der Waals surface area contributed by atoms with Crippen LogP contribution in [-0.2, 0) is 14.4 Å². The summed E-state index contributed by atoms with van der Waals surface area (Å²) in [5.41, 5.74) is 0. The van der Waals surface area contributed by atoms with E-state index in [2.05, 4.69) is 10.6 Å². The molecule has 1 saturated heterocycles. The lowest BCUT2D eigenvalue weighted by Gasteiger charge is -2.16. The maximum atomic E-state index is 11.5. The van der Waals surface area contributed by atoms with Gasteiger partial charge in [0.25, 0.3) is 0 Å². The van der Waals surface area contributed by atoms with Gasteiger partial charge in [0.2, 0.25) is 11.8 Å². The molecule has 2 atom stereocenters. The number of carboxylic acids is 1. The predicted molar refractivity (Wildman–Crippen MR) is 52.4 cm³/mol. The minimum absolute atomic E-state index is 0.0538. The zero-order valence-corrected chi connectivity index (χ0v) is 8.60. The Morgan fingerprint density at radius 2 is 2.25 bits per heavy atom. The lowest BCUT2D eigenvalue weighted by atomic mass is 10.1. The van der Waals surface area contributed by atoms with Crippen LogP contribution < -0.4 is 10.6 Å². The SMILES string of the molecule is O=C1CC[C@@H](C(=O)N[C@@H](CCO)C(=O)O)N1. The van der Waals surface area contributed by atoms with Crippen LogP contribution >= 0.6 is 0 Å². The molecule has 4 N–H and O–H groups in total. The van der Waals surface area contributed by atoms with Crippen LogP contribution in [-0.4, -0.2) is 46.7 Å². The topological polar surface area (TPSA) is 116 Å². The van der Waals surface area contributed by atoms with Crippen molar-refractivity contribution in [2.75, 3.05) is 6.61 Å². The van der Waals surface area contributed by atoms with E-state index in [0.29, 0.717) is 6.42 Å². The van der Waals surface area contributed by atoms with E-state index in [1.54, 1.807) is 0 Å². The summed E-state index contributed by atoms with van der Waals surface area (Å²) in [6.45, 7) is -0.325. The molecule has 0 bridgehead atoms. The third kappa shape index (κ3) is 3.20. The highest BCUT2D eigenvalue weighted by Crippen LogP contribution is 2.07.